The minimum Gasteiger partial charge on any atom is -0.466 e. The molecule has 0 atom stereocenters. The predicted octanol–water partition coefficient (Wildman–Crippen LogP) is 3.80. The third kappa shape index (κ3) is 5.01. The molecule has 0 bridgehead atoms. The summed E-state index contributed by atoms with van der Waals surface area (Å²) in [5.74, 6) is -0.261. The Balaban J connectivity index is 2.17. The maximum Gasteiger partial charge on any atom is 0.465 e. The van der Waals surface area contributed by atoms with Crippen molar-refractivity contribution in [3.05, 3.63) is 0 Å². The molecule has 0 spiro atoms. The van der Waals surface area contributed by atoms with E-state index in [2.05, 4.69) is 0 Å². The molecule has 2 fully saturated rings. The van der Waals surface area contributed by atoms with Crippen LogP contribution in [0.25, 0.3) is 0 Å². The van der Waals surface area contributed by atoms with E-state index in [0.29, 0.717) is 32.5 Å². The fourth-order valence-corrected chi connectivity index (χ4v) is 3.55. The molecule has 1 amide bonds. The van der Waals surface area contributed by atoms with Crippen molar-refractivity contribution in [1.82, 2.24) is 4.90 Å². The number of ether oxygens (including phenoxy) is 2. The lowest BCUT2D eigenvalue weighted by molar-refractivity contribution is -0.144. The molecule has 0 aromatic heterocycles. The standard InChI is InChI=1S/C20H36BNO6/c1-9-25-15(23)14-20(21-27-18(5,6)19(7,8)28-21)10-12-22(13-11-20)16(24)26-17(2,3)4/h9-14H2,1-8H3. The summed E-state index contributed by atoms with van der Waals surface area (Å²) in [7, 11) is -0.525. The van der Waals surface area contributed by atoms with E-state index >= 15 is 0 Å². The van der Waals surface area contributed by atoms with E-state index < -0.39 is 29.2 Å². The van der Waals surface area contributed by atoms with E-state index in [1.165, 1.54) is 0 Å². The smallest absolute Gasteiger partial charge is 0.465 e. The molecule has 2 rings (SSSR count). The van der Waals surface area contributed by atoms with Gasteiger partial charge in [-0.1, -0.05) is 0 Å². The van der Waals surface area contributed by atoms with Gasteiger partial charge in [-0.25, -0.2) is 4.79 Å². The second-order valence-electron chi connectivity index (χ2n) is 9.90. The topological polar surface area (TPSA) is 74.3 Å². The van der Waals surface area contributed by atoms with E-state index in [0.717, 1.165) is 0 Å². The van der Waals surface area contributed by atoms with Gasteiger partial charge < -0.3 is 23.7 Å². The number of esters is 1. The highest BCUT2D eigenvalue weighted by molar-refractivity contribution is 6.50. The number of carbonyl (C=O) groups is 2. The van der Waals surface area contributed by atoms with Gasteiger partial charge in [0.25, 0.3) is 0 Å². The number of nitrogens with zero attached hydrogens (tertiary/aromatic N) is 1. The van der Waals surface area contributed by atoms with Gasteiger partial charge >= 0.3 is 19.2 Å². The molecule has 0 aromatic carbocycles. The zero-order valence-electron chi connectivity index (χ0n) is 18.7. The molecule has 0 radical (unpaired) electrons. The number of rotatable bonds is 4. The van der Waals surface area contributed by atoms with Crippen LogP contribution < -0.4 is 0 Å². The molecule has 0 saturated carbocycles. The second-order valence-corrected chi connectivity index (χ2v) is 9.90. The average molecular weight is 397 g/mol. The molecule has 160 valence electrons. The van der Waals surface area contributed by atoms with E-state index in [9.17, 15) is 9.59 Å². The molecule has 7 nitrogen and oxygen atoms in total. The Bertz CT molecular complexity index is 574. The summed E-state index contributed by atoms with van der Waals surface area (Å²) < 4.78 is 23.3. The van der Waals surface area contributed by atoms with Crippen LogP contribution in [0.3, 0.4) is 0 Å². The molecule has 2 heterocycles. The van der Waals surface area contributed by atoms with Crippen molar-refractivity contribution in [2.24, 2.45) is 0 Å². The van der Waals surface area contributed by atoms with Gasteiger partial charge in [-0.2, -0.15) is 0 Å². The lowest BCUT2D eigenvalue weighted by Crippen LogP contribution is -2.49. The number of amides is 1. The molecule has 8 heteroatoms. The highest BCUT2D eigenvalue weighted by Crippen LogP contribution is 2.52. The van der Waals surface area contributed by atoms with Crippen molar-refractivity contribution < 1.29 is 28.4 Å². The zero-order chi connectivity index (χ0) is 21.4. The van der Waals surface area contributed by atoms with E-state index in [1.807, 2.05) is 48.5 Å². The summed E-state index contributed by atoms with van der Waals surface area (Å²) in [4.78, 5) is 26.5. The molecule has 0 aliphatic carbocycles. The van der Waals surface area contributed by atoms with Crippen molar-refractivity contribution in [3.63, 3.8) is 0 Å². The Labute approximate surface area is 169 Å². The van der Waals surface area contributed by atoms with Crippen LogP contribution in [0.15, 0.2) is 0 Å². The van der Waals surface area contributed by atoms with Gasteiger partial charge in [-0.3, -0.25) is 4.79 Å². The second kappa shape index (κ2) is 7.86. The summed E-state index contributed by atoms with van der Waals surface area (Å²) in [5.41, 5.74) is -1.51. The third-order valence-corrected chi connectivity index (χ3v) is 5.97. The first-order valence-electron chi connectivity index (χ1n) is 10.2. The summed E-state index contributed by atoms with van der Waals surface area (Å²) >= 11 is 0. The van der Waals surface area contributed by atoms with Gasteiger partial charge in [0.1, 0.15) is 5.60 Å². The Morgan fingerprint density at radius 1 is 1.04 bits per heavy atom. The Kier molecular flexibility index (Phi) is 6.46. The summed E-state index contributed by atoms with van der Waals surface area (Å²) in [6.07, 6.45) is 1.05. The maximum atomic E-state index is 12.4. The van der Waals surface area contributed by atoms with Crippen molar-refractivity contribution in [2.45, 2.75) is 96.8 Å². The van der Waals surface area contributed by atoms with Crippen LogP contribution in [0.2, 0.25) is 5.31 Å². The van der Waals surface area contributed by atoms with Gasteiger partial charge in [-0.15, -0.1) is 0 Å². The molecule has 0 N–H and O–H groups in total. The van der Waals surface area contributed by atoms with Gasteiger partial charge in [0.15, 0.2) is 0 Å². The van der Waals surface area contributed by atoms with Crippen LogP contribution in [0.5, 0.6) is 0 Å². The number of likely N-dealkylation sites (tertiary alicyclic amines) is 1. The molecule has 28 heavy (non-hydrogen) atoms. The normalized spacial score (nSPS) is 23.4. The Morgan fingerprint density at radius 2 is 1.54 bits per heavy atom. The minimum absolute atomic E-state index is 0.208. The predicted molar refractivity (Wildman–Crippen MR) is 107 cm³/mol. The maximum absolute atomic E-state index is 12.4. The molecule has 2 saturated heterocycles. The van der Waals surface area contributed by atoms with E-state index in [1.54, 1.807) is 11.8 Å². The van der Waals surface area contributed by atoms with Crippen molar-refractivity contribution in [1.29, 1.82) is 0 Å². The summed E-state index contributed by atoms with van der Waals surface area (Å²) in [5, 5.41) is -0.532. The van der Waals surface area contributed by atoms with Gasteiger partial charge in [0.2, 0.25) is 0 Å². The minimum atomic E-state index is -0.539. The first-order valence-corrected chi connectivity index (χ1v) is 10.2. The summed E-state index contributed by atoms with van der Waals surface area (Å²) in [6, 6.07) is 0. The van der Waals surface area contributed by atoms with E-state index in [4.69, 9.17) is 18.8 Å². The van der Waals surface area contributed by atoms with E-state index in [-0.39, 0.29) is 18.5 Å². The Morgan fingerprint density at radius 3 is 1.96 bits per heavy atom. The summed E-state index contributed by atoms with van der Waals surface area (Å²) in [6.45, 7) is 16.7. The monoisotopic (exact) mass is 397 g/mol. The van der Waals surface area contributed by atoms with Crippen molar-refractivity contribution in [3.8, 4) is 0 Å². The first-order chi connectivity index (χ1) is 12.7. The highest BCUT2D eigenvalue weighted by atomic mass is 16.7. The van der Waals surface area contributed by atoms with Gasteiger partial charge in [0, 0.05) is 24.8 Å². The highest BCUT2D eigenvalue weighted by Gasteiger charge is 2.60. The number of piperidine rings is 1. The lowest BCUT2D eigenvalue weighted by atomic mass is 9.51. The molecule has 0 aromatic rings. The number of hydrogen-bond donors (Lipinski definition) is 0. The quantitative estimate of drug-likeness (QED) is 0.531. The zero-order valence-corrected chi connectivity index (χ0v) is 18.7. The molecular weight excluding hydrogens is 361 g/mol. The van der Waals surface area contributed by atoms with Crippen LogP contribution in [0.4, 0.5) is 4.79 Å². The SMILES string of the molecule is CCOC(=O)CC1(B2OC(C)(C)C(C)(C)O2)CCN(C(=O)OC(C)(C)C)CC1. The van der Waals surface area contributed by atoms with Crippen LogP contribution in [-0.4, -0.2) is 60.6 Å². The fourth-order valence-electron chi connectivity index (χ4n) is 3.55. The largest absolute Gasteiger partial charge is 0.466 e. The molecule has 0 unspecified atom stereocenters. The van der Waals surface area contributed by atoms with Crippen LogP contribution in [0.1, 0.15) is 74.7 Å². The van der Waals surface area contributed by atoms with Crippen LogP contribution in [0, 0.1) is 0 Å². The lowest BCUT2D eigenvalue weighted by Gasteiger charge is -2.42. The van der Waals surface area contributed by atoms with Crippen molar-refractivity contribution in [2.75, 3.05) is 19.7 Å². The molecular formula is C20H36BNO6. The van der Waals surface area contributed by atoms with Crippen LogP contribution >= 0.6 is 0 Å². The first kappa shape index (κ1) is 23.0. The van der Waals surface area contributed by atoms with Gasteiger partial charge in [0.05, 0.1) is 17.8 Å². The number of hydrogen-bond acceptors (Lipinski definition) is 6. The van der Waals surface area contributed by atoms with Crippen LogP contribution in [-0.2, 0) is 23.6 Å². The Hall–Kier alpha value is -1.28. The molecule has 2 aliphatic rings. The van der Waals surface area contributed by atoms with Gasteiger partial charge in [-0.05, 0) is 68.2 Å². The van der Waals surface area contributed by atoms with Crippen molar-refractivity contribution >= 4 is 19.2 Å². The fraction of sp³-hybridized carbons (Fsp3) is 0.900. The third-order valence-electron chi connectivity index (χ3n) is 5.97. The number of carbonyl (C=O) groups excluding carboxylic acids is 2. The molecule has 2 aliphatic heterocycles. The average Bonchev–Trinajstić information content (AvgIpc) is 2.75.